The van der Waals surface area contributed by atoms with Gasteiger partial charge >= 0.3 is 0 Å². The summed E-state index contributed by atoms with van der Waals surface area (Å²) in [7, 11) is 1.74. The summed E-state index contributed by atoms with van der Waals surface area (Å²) in [5.41, 5.74) is 6.87. The van der Waals surface area contributed by atoms with Crippen LogP contribution in [0.2, 0.25) is 0 Å². The van der Waals surface area contributed by atoms with Crippen LogP contribution in [0, 0.1) is 0 Å². The monoisotopic (exact) mass is 314 g/mol. The summed E-state index contributed by atoms with van der Waals surface area (Å²) in [6.45, 7) is 0. The number of fused-ring (bicyclic) bond motifs is 1. The maximum absolute atomic E-state index is 5.44. The first-order valence-electron chi connectivity index (χ1n) is 8.67. The van der Waals surface area contributed by atoms with Crippen LogP contribution in [0.1, 0.15) is 35.4 Å². The molecule has 4 rings (SSSR count). The minimum absolute atomic E-state index is 0.480. The van der Waals surface area contributed by atoms with Crippen molar-refractivity contribution >= 4 is 0 Å². The van der Waals surface area contributed by atoms with E-state index in [4.69, 9.17) is 4.74 Å². The summed E-state index contributed by atoms with van der Waals surface area (Å²) in [4.78, 5) is 0. The van der Waals surface area contributed by atoms with Crippen molar-refractivity contribution in [2.75, 3.05) is 7.11 Å². The lowest BCUT2D eigenvalue weighted by Crippen LogP contribution is -2.11. The van der Waals surface area contributed by atoms with Gasteiger partial charge in [0.05, 0.1) is 7.11 Å². The molecule has 0 N–H and O–H groups in total. The van der Waals surface area contributed by atoms with E-state index in [2.05, 4.69) is 72.8 Å². The zero-order valence-electron chi connectivity index (χ0n) is 14.0. The molecule has 0 saturated heterocycles. The van der Waals surface area contributed by atoms with Crippen LogP contribution in [0.25, 0.3) is 11.1 Å². The number of rotatable bonds is 3. The highest BCUT2D eigenvalue weighted by atomic mass is 16.5. The van der Waals surface area contributed by atoms with Gasteiger partial charge in [-0.2, -0.15) is 0 Å². The highest BCUT2D eigenvalue weighted by Gasteiger charge is 2.22. The van der Waals surface area contributed by atoms with E-state index >= 15 is 0 Å². The molecule has 0 fully saturated rings. The van der Waals surface area contributed by atoms with Crippen molar-refractivity contribution in [3.63, 3.8) is 0 Å². The Morgan fingerprint density at radius 3 is 2.33 bits per heavy atom. The fourth-order valence-electron chi connectivity index (χ4n) is 3.79. The molecule has 0 radical (unpaired) electrons. The third-order valence-electron chi connectivity index (χ3n) is 5.09. The third-order valence-corrected chi connectivity index (χ3v) is 5.09. The minimum atomic E-state index is 0.480. The molecule has 3 aromatic carbocycles. The molecule has 1 nitrogen and oxygen atoms in total. The Labute approximate surface area is 143 Å². The second kappa shape index (κ2) is 6.52. The van der Waals surface area contributed by atoms with E-state index in [1.54, 1.807) is 7.11 Å². The van der Waals surface area contributed by atoms with Crippen LogP contribution in [0.15, 0.2) is 72.8 Å². The summed E-state index contributed by atoms with van der Waals surface area (Å²) < 4.78 is 5.44. The van der Waals surface area contributed by atoms with E-state index in [-0.39, 0.29) is 0 Å². The number of methoxy groups -OCH3 is 1. The average molecular weight is 314 g/mol. The minimum Gasteiger partial charge on any atom is -0.497 e. The zero-order chi connectivity index (χ0) is 16.4. The van der Waals surface area contributed by atoms with Gasteiger partial charge in [0.1, 0.15) is 5.75 Å². The molecule has 1 heteroatoms. The Hall–Kier alpha value is -2.54. The molecule has 0 amide bonds. The van der Waals surface area contributed by atoms with Gasteiger partial charge in [-0.3, -0.25) is 0 Å². The van der Waals surface area contributed by atoms with E-state index in [9.17, 15) is 0 Å². The molecule has 0 saturated carbocycles. The van der Waals surface area contributed by atoms with Crippen LogP contribution >= 0.6 is 0 Å². The van der Waals surface area contributed by atoms with Crippen molar-refractivity contribution in [1.82, 2.24) is 0 Å². The van der Waals surface area contributed by atoms with E-state index in [0.29, 0.717) is 5.92 Å². The summed E-state index contributed by atoms with van der Waals surface area (Å²) in [6.07, 6.45) is 3.65. The number of ether oxygens (including phenoxy) is 1. The van der Waals surface area contributed by atoms with Gasteiger partial charge in [-0.1, -0.05) is 60.7 Å². The highest BCUT2D eigenvalue weighted by molar-refractivity contribution is 5.63. The predicted molar refractivity (Wildman–Crippen MR) is 99.7 cm³/mol. The van der Waals surface area contributed by atoms with Crippen LogP contribution < -0.4 is 4.74 Å². The molecule has 0 aliphatic heterocycles. The van der Waals surface area contributed by atoms with Gasteiger partial charge in [-0.15, -0.1) is 0 Å². The fraction of sp³-hybridized carbons (Fsp3) is 0.217. The molecule has 24 heavy (non-hydrogen) atoms. The maximum atomic E-state index is 5.44. The molecule has 0 bridgehead atoms. The van der Waals surface area contributed by atoms with Crippen molar-refractivity contribution in [3.05, 3.63) is 89.5 Å². The Kier molecular flexibility index (Phi) is 4.08. The van der Waals surface area contributed by atoms with Gasteiger partial charge in [0.25, 0.3) is 0 Å². The normalized spacial score (nSPS) is 16.5. The lowest BCUT2D eigenvalue weighted by molar-refractivity contribution is 0.413. The molecular weight excluding hydrogens is 292 g/mol. The number of benzene rings is 3. The molecule has 1 unspecified atom stereocenters. The number of hydrogen-bond acceptors (Lipinski definition) is 1. The van der Waals surface area contributed by atoms with Gasteiger partial charge in [0.15, 0.2) is 0 Å². The second-order valence-corrected chi connectivity index (χ2v) is 6.50. The van der Waals surface area contributed by atoms with Gasteiger partial charge in [-0.25, -0.2) is 0 Å². The van der Waals surface area contributed by atoms with Crippen LogP contribution in [-0.2, 0) is 6.42 Å². The summed E-state index contributed by atoms with van der Waals surface area (Å²) in [5, 5.41) is 0. The first kappa shape index (κ1) is 15.0. The second-order valence-electron chi connectivity index (χ2n) is 6.50. The third kappa shape index (κ3) is 2.82. The largest absolute Gasteiger partial charge is 0.497 e. The number of aryl methyl sites for hydroxylation is 1. The van der Waals surface area contributed by atoms with Gasteiger partial charge in [-0.05, 0) is 59.2 Å². The fourth-order valence-corrected chi connectivity index (χ4v) is 3.79. The SMILES string of the molecule is COc1ccc2c(c1)C(c1ccc(-c3ccccc3)cc1)CCC2. The molecular formula is C23H22O. The van der Waals surface area contributed by atoms with E-state index in [1.807, 2.05) is 0 Å². The summed E-state index contributed by atoms with van der Waals surface area (Å²) in [5.74, 6) is 1.44. The zero-order valence-corrected chi connectivity index (χ0v) is 14.0. The molecule has 0 spiro atoms. The van der Waals surface area contributed by atoms with Crippen LogP contribution in [0.5, 0.6) is 5.75 Å². The Balaban J connectivity index is 1.68. The van der Waals surface area contributed by atoms with E-state index in [1.165, 1.54) is 47.1 Å². The topological polar surface area (TPSA) is 9.23 Å². The maximum Gasteiger partial charge on any atom is 0.119 e. The molecule has 120 valence electrons. The van der Waals surface area contributed by atoms with Crippen molar-refractivity contribution in [2.45, 2.75) is 25.2 Å². The van der Waals surface area contributed by atoms with Crippen molar-refractivity contribution in [1.29, 1.82) is 0 Å². The van der Waals surface area contributed by atoms with Crippen LogP contribution in [0.4, 0.5) is 0 Å². The summed E-state index contributed by atoms with van der Waals surface area (Å²) in [6, 6.07) is 26.2. The molecule has 1 aliphatic carbocycles. The molecule has 0 heterocycles. The average Bonchev–Trinajstić information content (AvgIpc) is 2.68. The lowest BCUT2D eigenvalue weighted by Gasteiger charge is -2.26. The highest BCUT2D eigenvalue weighted by Crippen LogP contribution is 2.38. The Morgan fingerprint density at radius 1 is 0.833 bits per heavy atom. The molecule has 3 aromatic rings. The van der Waals surface area contributed by atoms with Gasteiger partial charge in [0.2, 0.25) is 0 Å². The Morgan fingerprint density at radius 2 is 1.58 bits per heavy atom. The summed E-state index contributed by atoms with van der Waals surface area (Å²) >= 11 is 0. The molecule has 0 aromatic heterocycles. The smallest absolute Gasteiger partial charge is 0.119 e. The number of hydrogen-bond donors (Lipinski definition) is 0. The van der Waals surface area contributed by atoms with Gasteiger partial charge < -0.3 is 4.74 Å². The molecule has 1 atom stereocenters. The molecule has 1 aliphatic rings. The first-order valence-corrected chi connectivity index (χ1v) is 8.67. The lowest BCUT2D eigenvalue weighted by atomic mass is 9.78. The van der Waals surface area contributed by atoms with Crippen LogP contribution in [-0.4, -0.2) is 7.11 Å². The standard InChI is InChI=1S/C23H22O/c1-24-21-15-14-19-8-5-9-22(23(19)16-21)20-12-10-18(11-13-20)17-6-3-2-4-7-17/h2-4,6-7,10-16,22H,5,8-9H2,1H3. The van der Waals surface area contributed by atoms with Crippen molar-refractivity contribution in [2.24, 2.45) is 0 Å². The Bertz CT molecular complexity index is 818. The van der Waals surface area contributed by atoms with Crippen LogP contribution in [0.3, 0.4) is 0 Å². The predicted octanol–water partition coefficient (Wildman–Crippen LogP) is 5.83. The quantitative estimate of drug-likeness (QED) is 0.591. The first-order chi connectivity index (χ1) is 11.8. The van der Waals surface area contributed by atoms with E-state index in [0.717, 1.165) is 5.75 Å². The van der Waals surface area contributed by atoms with Crippen molar-refractivity contribution in [3.8, 4) is 16.9 Å². The van der Waals surface area contributed by atoms with E-state index < -0.39 is 0 Å². The van der Waals surface area contributed by atoms with Crippen molar-refractivity contribution < 1.29 is 4.74 Å². The van der Waals surface area contributed by atoms with Gasteiger partial charge in [0, 0.05) is 5.92 Å².